The Morgan fingerprint density at radius 3 is 2.09 bits per heavy atom. The summed E-state index contributed by atoms with van der Waals surface area (Å²) in [7, 11) is 0. The van der Waals surface area contributed by atoms with E-state index in [0.29, 0.717) is 5.56 Å². The molecule has 5 heteroatoms. The predicted octanol–water partition coefficient (Wildman–Crippen LogP) is 3.58. The van der Waals surface area contributed by atoms with E-state index in [4.69, 9.17) is 5.53 Å². The number of carbonyl (C=O) groups excluding carboxylic acids is 2. The molecule has 1 aliphatic carbocycles. The summed E-state index contributed by atoms with van der Waals surface area (Å²) in [6, 6.07) is 16.0. The van der Waals surface area contributed by atoms with Crippen LogP contribution in [0.4, 0.5) is 0 Å². The Hall–Kier alpha value is -3.43. The third-order valence-corrected chi connectivity index (χ3v) is 3.52. The van der Waals surface area contributed by atoms with Gasteiger partial charge in [0.1, 0.15) is 5.53 Å². The fourth-order valence-electron chi connectivity index (χ4n) is 2.43. The minimum Gasteiger partial charge on any atom is -0.288 e. The standard InChI is InChI=1S/C18H12N3O2/c19-21-20-16-15(11-10-12-6-2-1-3-7-12)17(22)13-8-4-5-9-14(13)18(16)23/h1-11,19H/q+1/b11-10+. The van der Waals surface area contributed by atoms with E-state index in [9.17, 15) is 9.59 Å². The molecule has 0 aromatic heterocycles. The minimum absolute atomic E-state index is 0.101. The second kappa shape index (κ2) is 6.13. The average Bonchev–Trinajstić information content (AvgIpc) is 2.60. The summed E-state index contributed by atoms with van der Waals surface area (Å²) in [5.74, 6) is -0.696. The van der Waals surface area contributed by atoms with Crippen LogP contribution in [-0.2, 0) is 0 Å². The van der Waals surface area contributed by atoms with E-state index in [1.807, 2.05) is 30.3 Å². The third-order valence-electron chi connectivity index (χ3n) is 3.52. The number of fused-ring (bicyclic) bond motifs is 1. The Morgan fingerprint density at radius 2 is 1.43 bits per heavy atom. The molecule has 23 heavy (non-hydrogen) atoms. The van der Waals surface area contributed by atoms with Crippen LogP contribution in [0.25, 0.3) is 6.08 Å². The minimum atomic E-state index is -0.399. The molecule has 2 aromatic carbocycles. The van der Waals surface area contributed by atoms with Gasteiger partial charge in [-0.05, 0) is 11.6 Å². The number of carbonyl (C=O) groups is 2. The van der Waals surface area contributed by atoms with E-state index < -0.39 is 5.78 Å². The number of allylic oxidation sites excluding steroid dienone is 3. The highest BCUT2D eigenvalue weighted by atomic mass is 16.1. The SMILES string of the molecule is N=[N+]=NC1=C(/C=C/c2ccccc2)C(=O)c2ccccc2C1=O. The molecule has 0 bridgehead atoms. The lowest BCUT2D eigenvalue weighted by molar-refractivity contribution is 0.0976. The molecule has 1 N–H and O–H groups in total. The van der Waals surface area contributed by atoms with Gasteiger partial charge in [0.15, 0.2) is 10.9 Å². The molecule has 0 saturated carbocycles. The van der Waals surface area contributed by atoms with Crippen molar-refractivity contribution >= 4 is 17.6 Å². The van der Waals surface area contributed by atoms with Crippen LogP contribution in [0.5, 0.6) is 0 Å². The Balaban J connectivity index is 2.13. The Morgan fingerprint density at radius 1 is 0.826 bits per heavy atom. The highest BCUT2D eigenvalue weighted by Crippen LogP contribution is 2.28. The molecule has 5 nitrogen and oxygen atoms in total. The molecule has 0 fully saturated rings. The third kappa shape index (κ3) is 2.69. The molecule has 0 heterocycles. The van der Waals surface area contributed by atoms with Crippen molar-refractivity contribution < 1.29 is 9.59 Å². The summed E-state index contributed by atoms with van der Waals surface area (Å²) in [6.45, 7) is 0. The zero-order valence-electron chi connectivity index (χ0n) is 12.1. The van der Waals surface area contributed by atoms with Gasteiger partial charge >= 0.3 is 0 Å². The topological polar surface area (TPSA) is 84.4 Å². The first-order chi connectivity index (χ1) is 11.2. The van der Waals surface area contributed by atoms with Crippen molar-refractivity contribution in [3.63, 3.8) is 0 Å². The molecule has 1 aliphatic rings. The van der Waals surface area contributed by atoms with Crippen LogP contribution in [0.15, 0.2) is 77.1 Å². The van der Waals surface area contributed by atoms with Gasteiger partial charge in [0.25, 0.3) is 0 Å². The van der Waals surface area contributed by atoms with Crippen LogP contribution in [0.2, 0.25) is 0 Å². The first-order valence-corrected chi connectivity index (χ1v) is 6.95. The Bertz CT molecular complexity index is 905. The predicted molar refractivity (Wildman–Crippen MR) is 84.9 cm³/mol. The molecule has 0 unspecified atom stereocenters. The lowest BCUT2D eigenvalue weighted by Gasteiger charge is -2.13. The number of hydrogen-bond donors (Lipinski definition) is 1. The second-order valence-electron chi connectivity index (χ2n) is 4.91. The summed E-state index contributed by atoms with van der Waals surface area (Å²) in [4.78, 5) is 28.1. The number of ketones is 2. The van der Waals surface area contributed by atoms with Crippen molar-refractivity contribution in [2.45, 2.75) is 0 Å². The highest BCUT2D eigenvalue weighted by Gasteiger charge is 2.33. The number of hydrogen-bond acceptors (Lipinski definition) is 4. The van der Waals surface area contributed by atoms with Crippen molar-refractivity contribution in [2.24, 2.45) is 5.11 Å². The van der Waals surface area contributed by atoms with Crippen LogP contribution in [-0.4, -0.2) is 11.6 Å². The lowest BCUT2D eigenvalue weighted by Crippen LogP contribution is -2.20. The van der Waals surface area contributed by atoms with Gasteiger partial charge in [0, 0.05) is 11.1 Å². The quantitative estimate of drug-likeness (QED) is 0.694. The first-order valence-electron chi connectivity index (χ1n) is 6.95. The van der Waals surface area contributed by atoms with Gasteiger partial charge in [-0.3, -0.25) is 9.59 Å². The van der Waals surface area contributed by atoms with Crippen LogP contribution in [0, 0.1) is 5.53 Å². The average molecular weight is 302 g/mol. The molecular weight excluding hydrogens is 290 g/mol. The lowest BCUT2D eigenvalue weighted by atomic mass is 9.87. The number of nitrogens with zero attached hydrogens (tertiary/aromatic N) is 2. The Kier molecular flexibility index (Phi) is 3.87. The van der Waals surface area contributed by atoms with Gasteiger partial charge in [-0.25, -0.2) is 0 Å². The molecule has 0 radical (unpaired) electrons. The molecule has 0 aliphatic heterocycles. The van der Waals surface area contributed by atoms with Crippen LogP contribution < -0.4 is 4.91 Å². The molecule has 110 valence electrons. The summed E-state index contributed by atoms with van der Waals surface area (Å²) in [5, 5.41) is 3.56. The largest absolute Gasteiger partial charge is 0.288 e. The maximum atomic E-state index is 12.6. The van der Waals surface area contributed by atoms with E-state index in [2.05, 4.69) is 10.0 Å². The van der Waals surface area contributed by atoms with E-state index in [1.165, 1.54) is 0 Å². The smallest absolute Gasteiger partial charge is 0.220 e. The molecule has 0 spiro atoms. The molecule has 2 aromatic rings. The summed E-state index contributed by atoms with van der Waals surface area (Å²) in [5.41, 5.74) is 8.47. The maximum Gasteiger partial charge on any atom is 0.220 e. The first kappa shape index (κ1) is 14.5. The monoisotopic (exact) mass is 302 g/mol. The number of rotatable bonds is 3. The summed E-state index contributed by atoms with van der Waals surface area (Å²) >= 11 is 0. The van der Waals surface area contributed by atoms with Gasteiger partial charge in [0.05, 0.1) is 5.57 Å². The van der Waals surface area contributed by atoms with Crippen LogP contribution in [0.1, 0.15) is 26.3 Å². The van der Waals surface area contributed by atoms with E-state index >= 15 is 0 Å². The van der Waals surface area contributed by atoms with Crippen LogP contribution >= 0.6 is 0 Å². The maximum absolute atomic E-state index is 12.6. The molecule has 0 amide bonds. The van der Waals surface area contributed by atoms with Gasteiger partial charge in [-0.15, -0.1) is 0 Å². The molecule has 3 rings (SSSR count). The highest BCUT2D eigenvalue weighted by molar-refractivity contribution is 6.27. The van der Waals surface area contributed by atoms with Gasteiger partial charge in [0.2, 0.25) is 16.4 Å². The van der Waals surface area contributed by atoms with E-state index in [-0.39, 0.29) is 22.6 Å². The van der Waals surface area contributed by atoms with Crippen molar-refractivity contribution in [3.05, 3.63) is 88.6 Å². The van der Waals surface area contributed by atoms with E-state index in [0.717, 1.165) is 5.56 Å². The molecule has 0 atom stereocenters. The number of benzene rings is 2. The van der Waals surface area contributed by atoms with Crippen LogP contribution in [0.3, 0.4) is 0 Å². The zero-order chi connectivity index (χ0) is 16.2. The van der Waals surface area contributed by atoms with Gasteiger partial charge in [-0.2, -0.15) is 0 Å². The van der Waals surface area contributed by atoms with Crippen molar-refractivity contribution in [2.75, 3.05) is 0 Å². The van der Waals surface area contributed by atoms with Crippen molar-refractivity contribution in [3.8, 4) is 0 Å². The molecule has 0 saturated heterocycles. The van der Waals surface area contributed by atoms with Crippen molar-refractivity contribution in [1.29, 1.82) is 5.53 Å². The fraction of sp³-hybridized carbons (Fsp3) is 0. The Labute approximate surface area is 132 Å². The second-order valence-corrected chi connectivity index (χ2v) is 4.91. The van der Waals surface area contributed by atoms with Gasteiger partial charge < -0.3 is 0 Å². The number of Topliss-reactive ketones (excluding diaryl/α,β-unsaturated/α-hetero) is 2. The molecular formula is C18H12N3O2+. The van der Waals surface area contributed by atoms with Gasteiger partial charge in [-0.1, -0.05) is 60.7 Å². The normalized spacial score (nSPS) is 13.9. The fourth-order valence-corrected chi connectivity index (χ4v) is 2.43. The zero-order valence-corrected chi connectivity index (χ0v) is 12.1. The number of nitrogens with one attached hydrogen (secondary N) is 1. The van der Waals surface area contributed by atoms with E-state index in [1.54, 1.807) is 36.4 Å². The summed E-state index contributed by atoms with van der Waals surface area (Å²) in [6.07, 6.45) is 3.28. The summed E-state index contributed by atoms with van der Waals surface area (Å²) < 4.78 is 0. The van der Waals surface area contributed by atoms with Crippen molar-refractivity contribution in [1.82, 2.24) is 4.91 Å².